The van der Waals surface area contributed by atoms with E-state index in [4.69, 9.17) is 0 Å². The van der Waals surface area contributed by atoms with E-state index in [-0.39, 0.29) is 0 Å². The minimum Gasteiger partial charge on any atom is -0.301 e. The van der Waals surface area contributed by atoms with E-state index in [1.807, 2.05) is 0 Å². The predicted molar refractivity (Wildman–Crippen MR) is 75.4 cm³/mol. The van der Waals surface area contributed by atoms with Gasteiger partial charge in [-0.3, -0.25) is 4.90 Å². The molecule has 1 aliphatic rings. The maximum absolute atomic E-state index is 3.51. The summed E-state index contributed by atoms with van der Waals surface area (Å²) in [4.78, 5) is 5.19. The zero-order valence-corrected chi connectivity index (χ0v) is 12.3. The Labute approximate surface area is 109 Å². The normalized spacial score (nSPS) is 19.1. The quantitative estimate of drug-likeness (QED) is 0.501. The molecule has 2 nitrogen and oxygen atoms in total. The van der Waals surface area contributed by atoms with Gasteiger partial charge in [0, 0.05) is 38.1 Å². The van der Waals surface area contributed by atoms with Gasteiger partial charge in [-0.25, -0.2) is 0 Å². The highest BCUT2D eigenvalue weighted by molar-refractivity contribution is 9.09. The fourth-order valence-electron chi connectivity index (χ4n) is 2.29. The van der Waals surface area contributed by atoms with Gasteiger partial charge in [-0.15, -0.1) is 0 Å². The van der Waals surface area contributed by atoms with Crippen LogP contribution in [0.3, 0.4) is 0 Å². The van der Waals surface area contributed by atoms with E-state index in [1.54, 1.807) is 0 Å². The number of hydrogen-bond acceptors (Lipinski definition) is 2. The summed E-state index contributed by atoms with van der Waals surface area (Å²) in [5.41, 5.74) is 0. The molecule has 0 radical (unpaired) electrons. The first-order valence-electron chi connectivity index (χ1n) is 6.87. The molecule has 1 fully saturated rings. The van der Waals surface area contributed by atoms with E-state index in [1.165, 1.54) is 71.4 Å². The molecule has 0 bridgehead atoms. The van der Waals surface area contributed by atoms with Crippen molar-refractivity contribution in [3.63, 3.8) is 0 Å². The topological polar surface area (TPSA) is 6.48 Å². The Balaban J connectivity index is 1.95. The first-order valence-corrected chi connectivity index (χ1v) is 7.99. The molecule has 0 aliphatic carbocycles. The molecule has 0 aromatic rings. The number of hydrogen-bond donors (Lipinski definition) is 0. The van der Waals surface area contributed by atoms with Gasteiger partial charge >= 0.3 is 0 Å². The first kappa shape index (κ1) is 14.5. The molecule has 1 heterocycles. The number of unbranched alkanes of at least 4 members (excludes halogenated alkanes) is 4. The van der Waals surface area contributed by atoms with Crippen LogP contribution in [0, 0.1) is 0 Å². The van der Waals surface area contributed by atoms with Crippen molar-refractivity contribution >= 4 is 15.9 Å². The van der Waals surface area contributed by atoms with Gasteiger partial charge < -0.3 is 4.90 Å². The second kappa shape index (κ2) is 9.43. The molecule has 3 heteroatoms. The summed E-state index contributed by atoms with van der Waals surface area (Å²) in [5.74, 6) is 0. The second-order valence-electron chi connectivity index (χ2n) is 4.79. The van der Waals surface area contributed by atoms with Crippen LogP contribution in [0.15, 0.2) is 0 Å². The number of piperazine rings is 1. The van der Waals surface area contributed by atoms with Crippen LogP contribution < -0.4 is 0 Å². The van der Waals surface area contributed by atoms with E-state index in [0.717, 1.165) is 5.33 Å². The number of nitrogens with zero attached hydrogens (tertiary/aromatic N) is 2. The molecular formula is C13H27BrN2. The molecule has 96 valence electrons. The molecule has 0 saturated carbocycles. The minimum absolute atomic E-state index is 1.12. The van der Waals surface area contributed by atoms with E-state index in [9.17, 15) is 0 Å². The minimum atomic E-state index is 1.12. The lowest BCUT2D eigenvalue weighted by molar-refractivity contribution is 0.136. The SMILES string of the molecule is CCCCCCCN1CCN(CCBr)CC1. The van der Waals surface area contributed by atoms with Crippen LogP contribution in [-0.2, 0) is 0 Å². The molecule has 0 aromatic heterocycles. The van der Waals surface area contributed by atoms with Gasteiger partial charge in [0.15, 0.2) is 0 Å². The highest BCUT2D eigenvalue weighted by Crippen LogP contribution is 2.07. The summed E-state index contributed by atoms with van der Waals surface area (Å²) in [5, 5.41) is 1.12. The Morgan fingerprint density at radius 3 is 1.94 bits per heavy atom. The maximum Gasteiger partial charge on any atom is 0.0159 e. The lowest BCUT2D eigenvalue weighted by atomic mass is 10.1. The van der Waals surface area contributed by atoms with Crippen molar-refractivity contribution in [3.8, 4) is 0 Å². The van der Waals surface area contributed by atoms with Crippen LogP contribution in [0.5, 0.6) is 0 Å². The average molecular weight is 291 g/mol. The lowest BCUT2D eigenvalue weighted by Gasteiger charge is -2.34. The zero-order chi connectivity index (χ0) is 11.6. The second-order valence-corrected chi connectivity index (χ2v) is 5.58. The van der Waals surface area contributed by atoms with Crippen LogP contribution in [0.25, 0.3) is 0 Å². The Morgan fingerprint density at radius 2 is 1.38 bits per heavy atom. The van der Waals surface area contributed by atoms with Gasteiger partial charge in [-0.1, -0.05) is 48.5 Å². The third-order valence-corrected chi connectivity index (χ3v) is 3.80. The van der Waals surface area contributed by atoms with Gasteiger partial charge in [0.05, 0.1) is 0 Å². The molecular weight excluding hydrogens is 264 g/mol. The smallest absolute Gasteiger partial charge is 0.0159 e. The fraction of sp³-hybridized carbons (Fsp3) is 1.00. The van der Waals surface area contributed by atoms with Crippen molar-refractivity contribution in [2.45, 2.75) is 39.0 Å². The van der Waals surface area contributed by atoms with Crippen molar-refractivity contribution in [3.05, 3.63) is 0 Å². The maximum atomic E-state index is 3.51. The predicted octanol–water partition coefficient (Wildman–Crippen LogP) is 2.97. The first-order chi connectivity index (χ1) is 7.86. The number of rotatable bonds is 8. The Morgan fingerprint density at radius 1 is 0.812 bits per heavy atom. The highest BCUT2D eigenvalue weighted by Gasteiger charge is 2.15. The van der Waals surface area contributed by atoms with E-state index >= 15 is 0 Å². The van der Waals surface area contributed by atoms with Gasteiger partial charge in [-0.05, 0) is 13.0 Å². The summed E-state index contributed by atoms with van der Waals surface area (Å²) < 4.78 is 0. The summed E-state index contributed by atoms with van der Waals surface area (Å²) >= 11 is 3.51. The van der Waals surface area contributed by atoms with E-state index in [2.05, 4.69) is 32.7 Å². The lowest BCUT2D eigenvalue weighted by Crippen LogP contribution is -2.47. The van der Waals surface area contributed by atoms with Gasteiger partial charge in [-0.2, -0.15) is 0 Å². The van der Waals surface area contributed by atoms with Crippen LogP contribution >= 0.6 is 15.9 Å². The van der Waals surface area contributed by atoms with Gasteiger partial charge in [0.1, 0.15) is 0 Å². The molecule has 16 heavy (non-hydrogen) atoms. The molecule has 0 unspecified atom stereocenters. The Bertz CT molecular complexity index is 156. The van der Waals surface area contributed by atoms with Crippen molar-refractivity contribution < 1.29 is 0 Å². The third kappa shape index (κ3) is 6.21. The third-order valence-electron chi connectivity index (χ3n) is 3.44. The number of alkyl halides is 1. The fourth-order valence-corrected chi connectivity index (χ4v) is 2.80. The molecule has 0 aromatic carbocycles. The summed E-state index contributed by atoms with van der Waals surface area (Å²) in [6.07, 6.45) is 7.03. The molecule has 1 aliphatic heterocycles. The van der Waals surface area contributed by atoms with E-state index in [0.29, 0.717) is 0 Å². The molecule has 0 spiro atoms. The molecule has 0 atom stereocenters. The van der Waals surface area contributed by atoms with Crippen molar-refractivity contribution in [2.75, 3.05) is 44.6 Å². The number of halogens is 1. The molecule has 1 saturated heterocycles. The molecule has 0 amide bonds. The monoisotopic (exact) mass is 290 g/mol. The summed E-state index contributed by atoms with van der Waals surface area (Å²) in [7, 11) is 0. The van der Waals surface area contributed by atoms with Crippen molar-refractivity contribution in [1.29, 1.82) is 0 Å². The van der Waals surface area contributed by atoms with E-state index < -0.39 is 0 Å². The van der Waals surface area contributed by atoms with Gasteiger partial charge in [0.2, 0.25) is 0 Å². The van der Waals surface area contributed by atoms with Crippen LogP contribution in [-0.4, -0.2) is 54.4 Å². The Hall–Kier alpha value is 0.400. The van der Waals surface area contributed by atoms with Crippen LogP contribution in [0.2, 0.25) is 0 Å². The Kier molecular flexibility index (Phi) is 8.52. The summed E-state index contributed by atoms with van der Waals surface area (Å²) in [6.45, 7) is 9.90. The summed E-state index contributed by atoms with van der Waals surface area (Å²) in [6, 6.07) is 0. The van der Waals surface area contributed by atoms with Crippen molar-refractivity contribution in [1.82, 2.24) is 9.80 Å². The molecule has 1 rings (SSSR count). The van der Waals surface area contributed by atoms with Crippen molar-refractivity contribution in [2.24, 2.45) is 0 Å². The zero-order valence-electron chi connectivity index (χ0n) is 10.8. The standard InChI is InChI=1S/C13H27BrN2/c1-2-3-4-5-6-8-15-10-12-16(9-7-14)13-11-15/h2-13H2,1H3. The van der Waals surface area contributed by atoms with Crippen LogP contribution in [0.4, 0.5) is 0 Å². The average Bonchev–Trinajstić information content (AvgIpc) is 2.31. The van der Waals surface area contributed by atoms with Gasteiger partial charge in [0.25, 0.3) is 0 Å². The molecule has 0 N–H and O–H groups in total. The van der Waals surface area contributed by atoms with Crippen LogP contribution in [0.1, 0.15) is 39.0 Å². The largest absolute Gasteiger partial charge is 0.301 e. The highest BCUT2D eigenvalue weighted by atomic mass is 79.9.